The first-order valence-corrected chi connectivity index (χ1v) is 5.68. The lowest BCUT2D eigenvalue weighted by molar-refractivity contribution is 0.0341. The molecule has 0 fully saturated rings. The highest BCUT2D eigenvalue weighted by Gasteiger charge is 2.43. The van der Waals surface area contributed by atoms with Crippen LogP contribution in [-0.4, -0.2) is 21.8 Å². The van der Waals surface area contributed by atoms with Crippen molar-refractivity contribution in [2.45, 2.75) is 5.79 Å². The first-order chi connectivity index (χ1) is 10.3. The van der Waals surface area contributed by atoms with Crippen molar-refractivity contribution in [1.82, 2.24) is 15.8 Å². The minimum absolute atomic E-state index is 0.114. The van der Waals surface area contributed by atoms with E-state index in [1.165, 1.54) is 6.20 Å². The molecule has 11 nitrogen and oxygen atoms in total. The molecule has 0 bridgehead atoms. The zero-order valence-electron chi connectivity index (χ0n) is 10.4. The normalized spacial score (nSPS) is 20.9. The summed E-state index contributed by atoms with van der Waals surface area (Å²) in [4.78, 5) is 7.56. The number of azide groups is 1. The second-order valence-corrected chi connectivity index (χ2v) is 3.83. The van der Waals surface area contributed by atoms with E-state index < -0.39 is 5.79 Å². The Labute approximate surface area is 116 Å². The number of nitrogens with one attached hydrogen (secondary N) is 1. The lowest BCUT2D eigenvalue weighted by atomic mass is 10.1. The van der Waals surface area contributed by atoms with Crippen molar-refractivity contribution in [2.24, 2.45) is 20.5 Å². The lowest BCUT2D eigenvalue weighted by Gasteiger charge is -2.15. The molecule has 1 atom stereocenters. The van der Waals surface area contributed by atoms with Gasteiger partial charge >= 0.3 is 0 Å². The summed E-state index contributed by atoms with van der Waals surface area (Å²) >= 11 is 0. The molecule has 11 heteroatoms. The smallest absolute Gasteiger partial charge is 0.289 e. The monoisotopic (exact) mass is 285 g/mol. The summed E-state index contributed by atoms with van der Waals surface area (Å²) < 4.78 is 4.39. The summed E-state index contributed by atoms with van der Waals surface area (Å²) in [6, 6.07) is 8.98. The number of hydrogen-bond donors (Lipinski definition) is 1. The van der Waals surface area contributed by atoms with Crippen LogP contribution in [0, 0.1) is 0 Å². The summed E-state index contributed by atoms with van der Waals surface area (Å²) in [7, 11) is 0. The van der Waals surface area contributed by atoms with Gasteiger partial charge in [-0.05, 0) is 15.8 Å². The van der Waals surface area contributed by atoms with Crippen LogP contribution < -0.4 is 5.48 Å². The fourth-order valence-corrected chi connectivity index (χ4v) is 1.64. The molecule has 104 valence electrons. The first kappa shape index (κ1) is 12.7. The highest BCUT2D eigenvalue weighted by Crippen LogP contribution is 2.25. The molecule has 0 radical (unpaired) electrons. The van der Waals surface area contributed by atoms with Gasteiger partial charge in [0.15, 0.2) is 0 Å². The van der Waals surface area contributed by atoms with Crippen molar-refractivity contribution >= 4 is 11.5 Å². The minimum atomic E-state index is -1.63. The van der Waals surface area contributed by atoms with Gasteiger partial charge in [-0.25, -0.2) is 4.63 Å². The van der Waals surface area contributed by atoms with E-state index >= 15 is 0 Å². The molecular formula is C10H7N9O2. The first-order valence-electron chi connectivity index (χ1n) is 5.68. The fraction of sp³-hybridized carbons (Fsp3) is 0.100. The van der Waals surface area contributed by atoms with Crippen molar-refractivity contribution in [3.63, 3.8) is 0 Å². The molecule has 1 aliphatic rings. The Morgan fingerprint density at radius 1 is 1.29 bits per heavy atom. The molecule has 0 aliphatic carbocycles. The van der Waals surface area contributed by atoms with Crippen LogP contribution >= 0.6 is 0 Å². The Bertz CT molecular complexity index is 720. The van der Waals surface area contributed by atoms with Crippen LogP contribution in [0.4, 0.5) is 5.82 Å². The maximum Gasteiger partial charge on any atom is 0.289 e. The summed E-state index contributed by atoms with van der Waals surface area (Å²) in [6.45, 7) is 0. The van der Waals surface area contributed by atoms with Gasteiger partial charge in [0, 0.05) is 10.5 Å². The fourth-order valence-electron chi connectivity index (χ4n) is 1.64. The molecule has 1 aromatic heterocycles. The van der Waals surface area contributed by atoms with E-state index in [1.54, 1.807) is 24.3 Å². The van der Waals surface area contributed by atoms with Crippen LogP contribution in [0.3, 0.4) is 0 Å². The maximum absolute atomic E-state index is 8.77. The number of benzene rings is 1. The molecule has 0 spiro atoms. The minimum Gasteiger partial charge on any atom is -0.296 e. The van der Waals surface area contributed by atoms with E-state index in [4.69, 9.17) is 10.5 Å². The number of azo groups is 1. The van der Waals surface area contributed by atoms with Gasteiger partial charge in [-0.3, -0.25) is 4.94 Å². The number of hydroxylamine groups is 1. The summed E-state index contributed by atoms with van der Waals surface area (Å²) in [5, 5.41) is 22.0. The van der Waals surface area contributed by atoms with Crippen molar-refractivity contribution < 1.29 is 9.57 Å². The predicted octanol–water partition coefficient (Wildman–Crippen LogP) is 2.06. The summed E-state index contributed by atoms with van der Waals surface area (Å²) in [6.07, 6.45) is 1.25. The molecule has 1 N–H and O–H groups in total. The zero-order valence-corrected chi connectivity index (χ0v) is 10.4. The van der Waals surface area contributed by atoms with Gasteiger partial charge in [0.25, 0.3) is 5.79 Å². The third-order valence-electron chi connectivity index (χ3n) is 2.54. The van der Waals surface area contributed by atoms with Gasteiger partial charge in [0.2, 0.25) is 5.82 Å². The molecule has 2 heterocycles. The second kappa shape index (κ2) is 5.36. The molecule has 3 rings (SSSR count). The zero-order chi connectivity index (χ0) is 14.5. The molecule has 1 aliphatic heterocycles. The van der Waals surface area contributed by atoms with Crippen molar-refractivity contribution in [2.75, 3.05) is 0 Å². The number of rotatable bonds is 4. The van der Waals surface area contributed by atoms with Gasteiger partial charge < -0.3 is 0 Å². The third-order valence-corrected chi connectivity index (χ3v) is 2.54. The van der Waals surface area contributed by atoms with E-state index in [0.29, 0.717) is 5.56 Å². The highest BCUT2D eigenvalue weighted by atomic mass is 16.8. The second-order valence-electron chi connectivity index (χ2n) is 3.83. The van der Waals surface area contributed by atoms with Crippen molar-refractivity contribution in [1.29, 1.82) is 0 Å². The van der Waals surface area contributed by atoms with Crippen LogP contribution in [0.2, 0.25) is 0 Å². The standard InChI is InChI=1S/C10H7N9O2/c11-19-17-10(16-13-8-6-12-20-14-8)9(15-21-18-10)7-4-2-1-3-5-7/h1-6,18H. The number of aromatic nitrogens is 2. The maximum atomic E-state index is 8.77. The molecule has 0 saturated heterocycles. The van der Waals surface area contributed by atoms with E-state index in [2.05, 4.69) is 45.8 Å². The highest BCUT2D eigenvalue weighted by molar-refractivity contribution is 6.07. The number of hydrogen-bond acceptors (Lipinski definition) is 9. The SMILES string of the molecule is [N-]=[N+]=NC1(N=Nc2cnon2)NON=C1c1ccccc1. The molecule has 21 heavy (non-hydrogen) atoms. The molecule has 1 aromatic carbocycles. The molecular weight excluding hydrogens is 278 g/mol. The van der Waals surface area contributed by atoms with E-state index in [0.717, 1.165) is 0 Å². The Hall–Kier alpha value is -3.30. The average molecular weight is 285 g/mol. The van der Waals surface area contributed by atoms with Crippen LogP contribution in [-0.2, 0) is 4.94 Å². The van der Waals surface area contributed by atoms with Gasteiger partial charge in [0.1, 0.15) is 11.9 Å². The van der Waals surface area contributed by atoms with Gasteiger partial charge in [0.05, 0.1) is 0 Å². The van der Waals surface area contributed by atoms with Gasteiger partial charge in [-0.1, -0.05) is 46.1 Å². The number of oxime groups is 1. The average Bonchev–Trinajstić information content (AvgIpc) is 3.16. The van der Waals surface area contributed by atoms with Gasteiger partial charge in [-0.2, -0.15) is 0 Å². The quantitative estimate of drug-likeness (QED) is 0.518. The molecule has 2 aromatic rings. The van der Waals surface area contributed by atoms with Crippen molar-refractivity contribution in [3.05, 3.63) is 52.5 Å². The van der Waals surface area contributed by atoms with Crippen LogP contribution in [0.1, 0.15) is 5.56 Å². The summed E-state index contributed by atoms with van der Waals surface area (Å²) in [5.74, 6) is -1.52. The Morgan fingerprint density at radius 3 is 2.86 bits per heavy atom. The van der Waals surface area contributed by atoms with E-state index in [-0.39, 0.29) is 11.5 Å². The van der Waals surface area contributed by atoms with Crippen molar-refractivity contribution in [3.8, 4) is 0 Å². The topological polar surface area (TPSA) is 146 Å². The van der Waals surface area contributed by atoms with Crippen LogP contribution in [0.5, 0.6) is 0 Å². The Morgan fingerprint density at radius 2 is 2.14 bits per heavy atom. The summed E-state index contributed by atoms with van der Waals surface area (Å²) in [5.41, 5.74) is 12.1. The van der Waals surface area contributed by atoms with Crippen LogP contribution in [0.15, 0.2) is 61.7 Å². The largest absolute Gasteiger partial charge is 0.296 e. The molecule has 1 unspecified atom stereocenters. The molecule has 0 amide bonds. The van der Waals surface area contributed by atoms with Gasteiger partial charge in [-0.15, -0.1) is 10.2 Å². The number of nitrogens with zero attached hydrogens (tertiary/aromatic N) is 8. The van der Waals surface area contributed by atoms with Crippen LogP contribution in [0.25, 0.3) is 10.4 Å². The Kier molecular flexibility index (Phi) is 3.25. The van der Waals surface area contributed by atoms with E-state index in [1.807, 2.05) is 6.07 Å². The third kappa shape index (κ3) is 2.41. The van der Waals surface area contributed by atoms with E-state index in [9.17, 15) is 0 Å². The lowest BCUT2D eigenvalue weighted by Crippen LogP contribution is -2.43. The molecule has 0 saturated carbocycles. The Balaban J connectivity index is 2.01. The predicted molar refractivity (Wildman–Crippen MR) is 67.9 cm³/mol.